The summed E-state index contributed by atoms with van der Waals surface area (Å²) < 4.78 is 5.79. The number of carboxylic acid groups (broad SMARTS) is 1. The fourth-order valence-electron chi connectivity index (χ4n) is 3.51. The van der Waals surface area contributed by atoms with Crippen molar-refractivity contribution in [2.24, 2.45) is 0 Å². The summed E-state index contributed by atoms with van der Waals surface area (Å²) in [7, 11) is 0. The summed E-state index contributed by atoms with van der Waals surface area (Å²) in [5, 5.41) is 12.5. The minimum absolute atomic E-state index is 0.214. The highest BCUT2D eigenvalue weighted by atomic mass is 16.4. The van der Waals surface area contributed by atoms with Crippen LogP contribution >= 0.6 is 0 Å². The Balaban J connectivity index is 1.76. The minimum Gasteiger partial charge on any atom is -0.465 e. The van der Waals surface area contributed by atoms with E-state index in [0.717, 1.165) is 35.7 Å². The molecular weight excluding hydrogens is 398 g/mol. The number of rotatable bonds is 10. The van der Waals surface area contributed by atoms with Gasteiger partial charge in [-0.15, -0.1) is 0 Å². The molecule has 1 atom stereocenters. The largest absolute Gasteiger partial charge is 0.465 e. The number of hydrogen-bond donors (Lipinski definition) is 3. The maximum atomic E-state index is 12.5. The van der Waals surface area contributed by atoms with Crippen LogP contribution in [0.4, 0.5) is 4.79 Å². The maximum absolute atomic E-state index is 12.5. The van der Waals surface area contributed by atoms with Gasteiger partial charge in [-0.3, -0.25) is 9.59 Å². The number of Topliss-reactive ketones (excluding diaryl/α,β-unsaturated/α-hetero) is 1. The molecule has 0 bridgehead atoms. The zero-order chi connectivity index (χ0) is 22.4. The number of benzene rings is 1. The molecule has 8 nitrogen and oxygen atoms in total. The predicted molar refractivity (Wildman–Crippen MR) is 117 cm³/mol. The van der Waals surface area contributed by atoms with Gasteiger partial charge < -0.3 is 19.8 Å². The zero-order valence-electron chi connectivity index (χ0n) is 17.7. The number of ketones is 1. The van der Waals surface area contributed by atoms with E-state index in [-0.39, 0.29) is 23.0 Å². The molecule has 2 heterocycles. The number of hydrogen-bond acceptors (Lipinski definition) is 5. The lowest BCUT2D eigenvalue weighted by Crippen LogP contribution is -2.27. The molecule has 0 fully saturated rings. The van der Waals surface area contributed by atoms with Crippen molar-refractivity contribution < 1.29 is 19.1 Å². The van der Waals surface area contributed by atoms with Crippen molar-refractivity contribution in [3.8, 4) is 11.3 Å². The molecule has 1 unspecified atom stereocenters. The van der Waals surface area contributed by atoms with Gasteiger partial charge in [-0.05, 0) is 43.4 Å². The molecule has 0 aliphatic rings. The monoisotopic (exact) mass is 425 g/mol. The second-order valence-electron chi connectivity index (χ2n) is 7.66. The molecule has 3 rings (SSSR count). The first kappa shape index (κ1) is 22.3. The number of aromatic amines is 1. The minimum atomic E-state index is -1.18. The van der Waals surface area contributed by atoms with Gasteiger partial charge in [0.15, 0.2) is 5.76 Å². The molecule has 0 aliphatic heterocycles. The normalized spacial score (nSPS) is 12.1. The molecule has 0 saturated carbocycles. The predicted octanol–water partition coefficient (Wildman–Crippen LogP) is 4.73. The van der Waals surface area contributed by atoms with Crippen molar-refractivity contribution >= 4 is 22.8 Å². The Morgan fingerprint density at radius 1 is 1.23 bits per heavy atom. The van der Waals surface area contributed by atoms with E-state index < -0.39 is 12.1 Å². The number of aryl methyl sites for hydroxylation is 1. The standard InChI is InChI=1S/C23H27N3O5/c1-3-16(27)7-5-4-6-8-19(26-23(29)30)22-24-13-20(31-22)17-12-15-11-14(2)9-10-18(15)25-21(17)28/h9-13,19,26H,3-8H2,1-2H3,(H,25,28)(H,29,30). The summed E-state index contributed by atoms with van der Waals surface area (Å²) in [6.45, 7) is 3.81. The van der Waals surface area contributed by atoms with Gasteiger partial charge in [-0.2, -0.15) is 0 Å². The Morgan fingerprint density at radius 2 is 2.03 bits per heavy atom. The Hall–Kier alpha value is -3.42. The topological polar surface area (TPSA) is 125 Å². The summed E-state index contributed by atoms with van der Waals surface area (Å²) in [6, 6.07) is 6.85. The summed E-state index contributed by atoms with van der Waals surface area (Å²) >= 11 is 0. The van der Waals surface area contributed by atoms with E-state index >= 15 is 0 Å². The SMILES string of the molecule is CCC(=O)CCCCCC(NC(=O)O)c1ncc(-c2cc3cc(C)ccc3[nH]c2=O)o1. The van der Waals surface area contributed by atoms with Crippen molar-refractivity contribution in [2.45, 2.75) is 58.4 Å². The summed E-state index contributed by atoms with van der Waals surface area (Å²) in [6.07, 6.45) is 4.13. The molecule has 0 aliphatic carbocycles. The first-order chi connectivity index (χ1) is 14.9. The van der Waals surface area contributed by atoms with Crippen LogP contribution < -0.4 is 10.9 Å². The van der Waals surface area contributed by atoms with Gasteiger partial charge in [0.2, 0.25) is 5.89 Å². The van der Waals surface area contributed by atoms with Gasteiger partial charge >= 0.3 is 6.09 Å². The molecule has 31 heavy (non-hydrogen) atoms. The quantitative estimate of drug-likeness (QED) is 0.403. The van der Waals surface area contributed by atoms with Gasteiger partial charge in [0, 0.05) is 18.4 Å². The molecule has 1 aromatic carbocycles. The molecule has 8 heteroatoms. The Morgan fingerprint density at radius 3 is 2.77 bits per heavy atom. The van der Waals surface area contributed by atoms with Gasteiger partial charge in [0.1, 0.15) is 11.8 Å². The smallest absolute Gasteiger partial charge is 0.405 e. The van der Waals surface area contributed by atoms with Crippen molar-refractivity contribution in [3.05, 3.63) is 52.3 Å². The maximum Gasteiger partial charge on any atom is 0.405 e. The second-order valence-corrected chi connectivity index (χ2v) is 7.66. The number of carbonyl (C=O) groups is 2. The number of nitrogens with one attached hydrogen (secondary N) is 2. The first-order valence-corrected chi connectivity index (χ1v) is 10.5. The average Bonchev–Trinajstić information content (AvgIpc) is 3.21. The van der Waals surface area contributed by atoms with Crippen LogP contribution in [0.3, 0.4) is 0 Å². The number of amides is 1. The van der Waals surface area contributed by atoms with Gasteiger partial charge in [-0.25, -0.2) is 9.78 Å². The van der Waals surface area contributed by atoms with Crippen LogP contribution in [0.15, 0.2) is 39.7 Å². The Labute approximate surface area is 179 Å². The number of fused-ring (bicyclic) bond motifs is 1. The van der Waals surface area contributed by atoms with E-state index in [2.05, 4.69) is 15.3 Å². The summed E-state index contributed by atoms with van der Waals surface area (Å²) in [5.41, 5.74) is 1.83. The van der Waals surface area contributed by atoms with Crippen molar-refractivity contribution in [3.63, 3.8) is 0 Å². The molecular formula is C23H27N3O5. The fourth-order valence-corrected chi connectivity index (χ4v) is 3.51. The highest BCUT2D eigenvalue weighted by molar-refractivity contribution is 5.83. The molecule has 2 aromatic heterocycles. The number of aromatic nitrogens is 2. The average molecular weight is 425 g/mol. The molecule has 3 aromatic rings. The van der Waals surface area contributed by atoms with Crippen LogP contribution in [-0.4, -0.2) is 27.0 Å². The first-order valence-electron chi connectivity index (χ1n) is 10.5. The van der Waals surface area contributed by atoms with E-state index in [1.807, 2.05) is 32.0 Å². The van der Waals surface area contributed by atoms with E-state index in [0.29, 0.717) is 24.8 Å². The van der Waals surface area contributed by atoms with E-state index in [9.17, 15) is 19.5 Å². The second kappa shape index (κ2) is 10.1. The lowest BCUT2D eigenvalue weighted by molar-refractivity contribution is -0.118. The number of H-pyrrole nitrogens is 1. The highest BCUT2D eigenvalue weighted by Crippen LogP contribution is 2.26. The third-order valence-electron chi connectivity index (χ3n) is 5.23. The van der Waals surface area contributed by atoms with Gasteiger partial charge in [0.25, 0.3) is 5.56 Å². The molecule has 1 amide bonds. The molecule has 0 spiro atoms. The lowest BCUT2D eigenvalue weighted by atomic mass is 10.1. The number of carbonyl (C=O) groups excluding carboxylic acids is 1. The highest BCUT2D eigenvalue weighted by Gasteiger charge is 2.21. The van der Waals surface area contributed by atoms with Crippen LogP contribution in [0.2, 0.25) is 0 Å². The number of unbranched alkanes of at least 4 members (excludes halogenated alkanes) is 2. The fraction of sp³-hybridized carbons (Fsp3) is 0.391. The van der Waals surface area contributed by atoms with Crippen LogP contribution in [0.5, 0.6) is 0 Å². The summed E-state index contributed by atoms with van der Waals surface area (Å²) in [4.78, 5) is 42.2. The van der Waals surface area contributed by atoms with Crippen LogP contribution in [0.1, 0.15) is 62.9 Å². The number of oxazole rings is 1. The van der Waals surface area contributed by atoms with E-state index in [1.54, 1.807) is 6.07 Å². The van der Waals surface area contributed by atoms with Crippen molar-refractivity contribution in [1.82, 2.24) is 15.3 Å². The molecule has 0 saturated heterocycles. The van der Waals surface area contributed by atoms with Crippen molar-refractivity contribution in [2.75, 3.05) is 0 Å². The van der Waals surface area contributed by atoms with Crippen LogP contribution in [0.25, 0.3) is 22.2 Å². The summed E-state index contributed by atoms with van der Waals surface area (Å²) in [5.74, 6) is 0.726. The molecule has 3 N–H and O–H groups in total. The molecule has 0 radical (unpaired) electrons. The Bertz CT molecular complexity index is 1130. The zero-order valence-corrected chi connectivity index (χ0v) is 17.7. The van der Waals surface area contributed by atoms with Crippen molar-refractivity contribution in [1.29, 1.82) is 0 Å². The van der Waals surface area contributed by atoms with E-state index in [1.165, 1.54) is 6.20 Å². The van der Waals surface area contributed by atoms with Crippen LogP contribution in [-0.2, 0) is 4.79 Å². The Kier molecular flexibility index (Phi) is 7.23. The van der Waals surface area contributed by atoms with Gasteiger partial charge in [-0.1, -0.05) is 31.4 Å². The third-order valence-corrected chi connectivity index (χ3v) is 5.23. The van der Waals surface area contributed by atoms with E-state index in [4.69, 9.17) is 4.42 Å². The van der Waals surface area contributed by atoms with Gasteiger partial charge in [0.05, 0.1) is 11.8 Å². The van der Waals surface area contributed by atoms with Crippen LogP contribution in [0, 0.1) is 6.92 Å². The number of pyridine rings is 1. The lowest BCUT2D eigenvalue weighted by Gasteiger charge is -2.13. The number of nitrogens with zero attached hydrogens (tertiary/aromatic N) is 1. The molecule has 164 valence electrons. The third kappa shape index (κ3) is 5.81.